The Labute approximate surface area is 103 Å². The molecule has 0 aliphatic carbocycles. The molecule has 0 fully saturated rings. The standard InChI is InChI=1S/C14H22N2O/c1-10-4-5-13(11(2)8-10)9-12(3)16-14(17)6-7-15/h4-5,8,12H,6-7,9,15H2,1-3H3,(H,16,17). The first-order valence-corrected chi connectivity index (χ1v) is 6.08. The zero-order valence-electron chi connectivity index (χ0n) is 10.9. The molecule has 94 valence electrons. The van der Waals surface area contributed by atoms with Crippen molar-refractivity contribution in [2.45, 2.75) is 39.7 Å². The Balaban J connectivity index is 2.55. The molecule has 0 aliphatic rings. The molecule has 3 N–H and O–H groups in total. The van der Waals surface area contributed by atoms with Crippen molar-refractivity contribution in [2.75, 3.05) is 6.54 Å². The number of benzene rings is 1. The van der Waals surface area contributed by atoms with Crippen LogP contribution in [0.4, 0.5) is 0 Å². The van der Waals surface area contributed by atoms with Gasteiger partial charge in [-0.05, 0) is 38.3 Å². The molecule has 0 aliphatic heterocycles. The van der Waals surface area contributed by atoms with Gasteiger partial charge in [-0.1, -0.05) is 23.8 Å². The van der Waals surface area contributed by atoms with E-state index in [9.17, 15) is 4.79 Å². The summed E-state index contributed by atoms with van der Waals surface area (Å²) in [5, 5.41) is 2.95. The summed E-state index contributed by atoms with van der Waals surface area (Å²) in [7, 11) is 0. The fourth-order valence-corrected chi connectivity index (χ4v) is 1.93. The molecule has 1 aromatic rings. The summed E-state index contributed by atoms with van der Waals surface area (Å²) in [6.07, 6.45) is 1.26. The second-order valence-corrected chi connectivity index (χ2v) is 4.64. The van der Waals surface area contributed by atoms with Crippen LogP contribution in [-0.4, -0.2) is 18.5 Å². The van der Waals surface area contributed by atoms with E-state index >= 15 is 0 Å². The lowest BCUT2D eigenvalue weighted by molar-refractivity contribution is -0.121. The molecule has 17 heavy (non-hydrogen) atoms. The van der Waals surface area contributed by atoms with Crippen molar-refractivity contribution in [3.05, 3.63) is 34.9 Å². The smallest absolute Gasteiger partial charge is 0.221 e. The predicted octanol–water partition coefficient (Wildman–Crippen LogP) is 1.70. The Kier molecular flexibility index (Phi) is 5.16. The Morgan fingerprint density at radius 1 is 1.41 bits per heavy atom. The van der Waals surface area contributed by atoms with E-state index in [-0.39, 0.29) is 11.9 Å². The van der Waals surface area contributed by atoms with E-state index < -0.39 is 0 Å². The first-order valence-electron chi connectivity index (χ1n) is 6.08. The highest BCUT2D eigenvalue weighted by Gasteiger charge is 2.08. The Morgan fingerprint density at radius 3 is 2.71 bits per heavy atom. The summed E-state index contributed by atoms with van der Waals surface area (Å²) in [6, 6.07) is 6.56. The minimum absolute atomic E-state index is 0.0322. The molecule has 1 aromatic carbocycles. The molecular formula is C14H22N2O. The number of carbonyl (C=O) groups excluding carboxylic acids is 1. The highest BCUT2D eigenvalue weighted by atomic mass is 16.1. The van der Waals surface area contributed by atoms with Gasteiger partial charge < -0.3 is 11.1 Å². The molecular weight excluding hydrogens is 212 g/mol. The molecule has 0 saturated heterocycles. The van der Waals surface area contributed by atoms with Crippen molar-refractivity contribution < 1.29 is 4.79 Å². The lowest BCUT2D eigenvalue weighted by atomic mass is 10.00. The van der Waals surface area contributed by atoms with Crippen LogP contribution in [0.15, 0.2) is 18.2 Å². The quantitative estimate of drug-likeness (QED) is 0.814. The zero-order valence-corrected chi connectivity index (χ0v) is 10.9. The number of nitrogens with one attached hydrogen (secondary N) is 1. The normalized spacial score (nSPS) is 12.2. The van der Waals surface area contributed by atoms with Gasteiger partial charge in [0.2, 0.25) is 5.91 Å². The molecule has 0 radical (unpaired) electrons. The van der Waals surface area contributed by atoms with Gasteiger partial charge >= 0.3 is 0 Å². The lowest BCUT2D eigenvalue weighted by Gasteiger charge is -2.15. The van der Waals surface area contributed by atoms with E-state index in [0.29, 0.717) is 13.0 Å². The summed E-state index contributed by atoms with van der Waals surface area (Å²) in [4.78, 5) is 11.4. The molecule has 1 rings (SSSR count). The van der Waals surface area contributed by atoms with Gasteiger partial charge in [0.25, 0.3) is 0 Å². The third-order valence-electron chi connectivity index (χ3n) is 2.80. The minimum Gasteiger partial charge on any atom is -0.353 e. The number of amides is 1. The van der Waals surface area contributed by atoms with Crippen LogP contribution >= 0.6 is 0 Å². The maximum absolute atomic E-state index is 11.4. The molecule has 1 unspecified atom stereocenters. The molecule has 3 heteroatoms. The Morgan fingerprint density at radius 2 is 2.12 bits per heavy atom. The van der Waals surface area contributed by atoms with Crippen molar-refractivity contribution in [2.24, 2.45) is 5.73 Å². The van der Waals surface area contributed by atoms with Gasteiger partial charge in [0.15, 0.2) is 0 Å². The van der Waals surface area contributed by atoms with Crippen LogP contribution < -0.4 is 11.1 Å². The molecule has 0 heterocycles. The zero-order chi connectivity index (χ0) is 12.8. The number of hydrogen-bond acceptors (Lipinski definition) is 2. The highest BCUT2D eigenvalue weighted by molar-refractivity contribution is 5.76. The van der Waals surface area contributed by atoms with Crippen molar-refractivity contribution in [1.29, 1.82) is 0 Å². The fourth-order valence-electron chi connectivity index (χ4n) is 1.93. The number of nitrogens with two attached hydrogens (primary N) is 1. The van der Waals surface area contributed by atoms with Crippen molar-refractivity contribution >= 4 is 5.91 Å². The topological polar surface area (TPSA) is 55.1 Å². The van der Waals surface area contributed by atoms with Crippen molar-refractivity contribution in [3.8, 4) is 0 Å². The van der Waals surface area contributed by atoms with E-state index in [1.165, 1.54) is 16.7 Å². The third-order valence-corrected chi connectivity index (χ3v) is 2.80. The van der Waals surface area contributed by atoms with Gasteiger partial charge in [0.05, 0.1) is 0 Å². The molecule has 0 aromatic heterocycles. The second-order valence-electron chi connectivity index (χ2n) is 4.64. The minimum atomic E-state index is 0.0322. The van der Waals surface area contributed by atoms with Crippen LogP contribution in [0.3, 0.4) is 0 Å². The number of hydrogen-bond donors (Lipinski definition) is 2. The number of carbonyl (C=O) groups is 1. The number of rotatable bonds is 5. The van der Waals surface area contributed by atoms with E-state index in [1.807, 2.05) is 6.92 Å². The van der Waals surface area contributed by atoms with Crippen molar-refractivity contribution in [1.82, 2.24) is 5.32 Å². The van der Waals surface area contributed by atoms with Crippen LogP contribution in [0.25, 0.3) is 0 Å². The van der Waals surface area contributed by atoms with Gasteiger partial charge in [-0.15, -0.1) is 0 Å². The second kappa shape index (κ2) is 6.40. The average molecular weight is 234 g/mol. The fraction of sp³-hybridized carbons (Fsp3) is 0.500. The van der Waals surface area contributed by atoms with Gasteiger partial charge in [0.1, 0.15) is 0 Å². The summed E-state index contributed by atoms with van der Waals surface area (Å²) in [5.74, 6) is 0.0322. The molecule has 1 atom stereocenters. The SMILES string of the molecule is Cc1ccc(CC(C)NC(=O)CCN)c(C)c1. The Hall–Kier alpha value is -1.35. The predicted molar refractivity (Wildman–Crippen MR) is 70.9 cm³/mol. The van der Waals surface area contributed by atoms with Gasteiger partial charge in [-0.25, -0.2) is 0 Å². The van der Waals surface area contributed by atoms with Crippen molar-refractivity contribution in [3.63, 3.8) is 0 Å². The maximum atomic E-state index is 11.4. The van der Waals surface area contributed by atoms with E-state index in [4.69, 9.17) is 5.73 Å². The summed E-state index contributed by atoms with van der Waals surface area (Å²) in [6.45, 7) is 6.62. The monoisotopic (exact) mass is 234 g/mol. The Bertz CT molecular complexity index is 388. The summed E-state index contributed by atoms with van der Waals surface area (Å²) < 4.78 is 0. The van der Waals surface area contributed by atoms with Gasteiger partial charge in [-0.3, -0.25) is 4.79 Å². The number of aryl methyl sites for hydroxylation is 2. The molecule has 1 amide bonds. The van der Waals surface area contributed by atoms with Crippen LogP contribution in [0, 0.1) is 13.8 Å². The first kappa shape index (κ1) is 13.7. The lowest BCUT2D eigenvalue weighted by Crippen LogP contribution is -2.35. The molecule has 3 nitrogen and oxygen atoms in total. The van der Waals surface area contributed by atoms with Gasteiger partial charge in [0, 0.05) is 19.0 Å². The van der Waals surface area contributed by atoms with E-state index in [1.54, 1.807) is 0 Å². The van der Waals surface area contributed by atoms with Crippen LogP contribution in [-0.2, 0) is 11.2 Å². The summed E-state index contributed by atoms with van der Waals surface area (Å²) >= 11 is 0. The maximum Gasteiger partial charge on any atom is 0.221 e. The molecule has 0 spiro atoms. The van der Waals surface area contributed by atoms with Crippen LogP contribution in [0.2, 0.25) is 0 Å². The largest absolute Gasteiger partial charge is 0.353 e. The highest BCUT2D eigenvalue weighted by Crippen LogP contribution is 2.12. The van der Waals surface area contributed by atoms with Gasteiger partial charge in [-0.2, -0.15) is 0 Å². The third kappa shape index (κ3) is 4.57. The molecule has 0 bridgehead atoms. The first-order chi connectivity index (χ1) is 8.02. The van der Waals surface area contributed by atoms with Crippen LogP contribution in [0.1, 0.15) is 30.0 Å². The summed E-state index contributed by atoms with van der Waals surface area (Å²) in [5.41, 5.74) is 9.18. The molecule has 0 saturated carbocycles. The van der Waals surface area contributed by atoms with E-state index in [0.717, 1.165) is 6.42 Å². The van der Waals surface area contributed by atoms with E-state index in [2.05, 4.69) is 37.4 Å². The average Bonchev–Trinajstić information content (AvgIpc) is 2.22. The van der Waals surface area contributed by atoms with Crippen LogP contribution in [0.5, 0.6) is 0 Å².